The highest BCUT2D eigenvalue weighted by Crippen LogP contribution is 2.18. The van der Waals surface area contributed by atoms with Gasteiger partial charge in [-0.25, -0.2) is 9.97 Å². The molecule has 0 aliphatic heterocycles. The van der Waals surface area contributed by atoms with Crippen molar-refractivity contribution in [1.82, 2.24) is 15.3 Å². The van der Waals surface area contributed by atoms with Crippen molar-refractivity contribution in [2.24, 2.45) is 0 Å². The fourth-order valence-electron chi connectivity index (χ4n) is 2.76. The first kappa shape index (κ1) is 16.7. The average molecular weight is 304 g/mol. The third kappa shape index (κ3) is 5.28. The number of amides is 1. The molecule has 1 aliphatic rings. The molecule has 5 heteroatoms. The Labute approximate surface area is 133 Å². The first-order chi connectivity index (χ1) is 10.3. The molecule has 0 bridgehead atoms. The van der Waals surface area contributed by atoms with E-state index in [4.69, 9.17) is 0 Å². The Kier molecular flexibility index (Phi) is 5.37. The standard InChI is InChI=1S/C17H28N4O/c1-12-11-14(20-16(18-12)21-17(2,3)4)15(22)19-13-9-7-5-6-8-10-13/h11,13H,5-10H2,1-4H3,(H,19,22)(H,18,20,21). The van der Waals surface area contributed by atoms with E-state index in [2.05, 4.69) is 20.6 Å². The summed E-state index contributed by atoms with van der Waals surface area (Å²) in [6, 6.07) is 2.03. The van der Waals surface area contributed by atoms with Crippen LogP contribution in [0.25, 0.3) is 0 Å². The van der Waals surface area contributed by atoms with Crippen molar-refractivity contribution in [3.05, 3.63) is 17.5 Å². The third-order valence-corrected chi connectivity index (χ3v) is 3.76. The van der Waals surface area contributed by atoms with E-state index in [1.807, 2.05) is 27.7 Å². The number of hydrogen-bond acceptors (Lipinski definition) is 4. The van der Waals surface area contributed by atoms with Gasteiger partial charge in [0.1, 0.15) is 5.69 Å². The van der Waals surface area contributed by atoms with Gasteiger partial charge in [-0.05, 0) is 46.6 Å². The quantitative estimate of drug-likeness (QED) is 0.839. The van der Waals surface area contributed by atoms with Gasteiger partial charge in [0.15, 0.2) is 0 Å². The maximum atomic E-state index is 12.5. The van der Waals surface area contributed by atoms with Gasteiger partial charge in [-0.15, -0.1) is 0 Å². The van der Waals surface area contributed by atoms with Crippen LogP contribution in [0.5, 0.6) is 0 Å². The monoisotopic (exact) mass is 304 g/mol. The Morgan fingerprint density at radius 2 is 1.77 bits per heavy atom. The lowest BCUT2D eigenvalue weighted by atomic mass is 10.1. The van der Waals surface area contributed by atoms with Crippen molar-refractivity contribution in [2.45, 2.75) is 77.8 Å². The minimum absolute atomic E-state index is 0.0886. The minimum Gasteiger partial charge on any atom is -0.350 e. The van der Waals surface area contributed by atoms with Crippen molar-refractivity contribution in [3.63, 3.8) is 0 Å². The predicted molar refractivity (Wildman–Crippen MR) is 89.1 cm³/mol. The molecule has 0 radical (unpaired) electrons. The zero-order chi connectivity index (χ0) is 16.2. The van der Waals surface area contributed by atoms with Gasteiger partial charge in [0.2, 0.25) is 5.95 Å². The van der Waals surface area contributed by atoms with Gasteiger partial charge >= 0.3 is 0 Å². The second-order valence-electron chi connectivity index (χ2n) is 7.26. The maximum Gasteiger partial charge on any atom is 0.270 e. The molecule has 5 nitrogen and oxygen atoms in total. The molecular formula is C17H28N4O. The van der Waals surface area contributed by atoms with Crippen molar-refractivity contribution >= 4 is 11.9 Å². The van der Waals surface area contributed by atoms with Gasteiger partial charge in [-0.3, -0.25) is 4.79 Å². The molecule has 0 saturated heterocycles. The first-order valence-corrected chi connectivity index (χ1v) is 8.28. The number of anilines is 1. The fraction of sp³-hybridized carbons (Fsp3) is 0.706. The van der Waals surface area contributed by atoms with Gasteiger partial charge in [0.05, 0.1) is 0 Å². The van der Waals surface area contributed by atoms with Gasteiger partial charge in [-0.2, -0.15) is 0 Å². The van der Waals surface area contributed by atoms with Crippen LogP contribution in [0.4, 0.5) is 5.95 Å². The van der Waals surface area contributed by atoms with E-state index in [1.165, 1.54) is 25.7 Å². The van der Waals surface area contributed by atoms with Crippen molar-refractivity contribution in [2.75, 3.05) is 5.32 Å². The first-order valence-electron chi connectivity index (χ1n) is 8.28. The lowest BCUT2D eigenvalue weighted by molar-refractivity contribution is 0.0928. The Morgan fingerprint density at radius 1 is 1.14 bits per heavy atom. The smallest absolute Gasteiger partial charge is 0.270 e. The van der Waals surface area contributed by atoms with Crippen LogP contribution in [0.15, 0.2) is 6.07 Å². The fourth-order valence-corrected chi connectivity index (χ4v) is 2.76. The van der Waals surface area contributed by atoms with Gasteiger partial charge in [0, 0.05) is 17.3 Å². The van der Waals surface area contributed by atoms with Gasteiger partial charge < -0.3 is 10.6 Å². The highest BCUT2D eigenvalue weighted by molar-refractivity contribution is 5.92. The Bertz CT molecular complexity index is 514. The molecule has 0 spiro atoms. The van der Waals surface area contributed by atoms with Crippen LogP contribution in [0.3, 0.4) is 0 Å². The van der Waals surface area contributed by atoms with E-state index in [9.17, 15) is 4.79 Å². The molecule has 0 aromatic carbocycles. The van der Waals surface area contributed by atoms with E-state index in [-0.39, 0.29) is 17.5 Å². The summed E-state index contributed by atoms with van der Waals surface area (Å²) >= 11 is 0. The van der Waals surface area contributed by atoms with Crippen LogP contribution >= 0.6 is 0 Å². The molecule has 1 aromatic heterocycles. The number of hydrogen-bond donors (Lipinski definition) is 2. The second-order valence-corrected chi connectivity index (χ2v) is 7.26. The van der Waals surface area contributed by atoms with Crippen LogP contribution in [0.1, 0.15) is 75.5 Å². The number of nitrogens with one attached hydrogen (secondary N) is 2. The summed E-state index contributed by atoms with van der Waals surface area (Å²) in [6.45, 7) is 8.02. The van der Waals surface area contributed by atoms with Crippen molar-refractivity contribution in [3.8, 4) is 0 Å². The highest BCUT2D eigenvalue weighted by atomic mass is 16.1. The topological polar surface area (TPSA) is 66.9 Å². The summed E-state index contributed by atoms with van der Waals surface area (Å²) in [5.41, 5.74) is 1.11. The molecular weight excluding hydrogens is 276 g/mol. The summed E-state index contributed by atoms with van der Waals surface area (Å²) in [7, 11) is 0. The molecule has 2 rings (SSSR count). The molecule has 1 heterocycles. The van der Waals surface area contributed by atoms with E-state index in [0.717, 1.165) is 18.5 Å². The number of aromatic nitrogens is 2. The van der Waals surface area contributed by atoms with Crippen LogP contribution in [-0.4, -0.2) is 27.5 Å². The lowest BCUT2D eigenvalue weighted by Gasteiger charge is -2.21. The molecule has 1 aliphatic carbocycles. The number of rotatable bonds is 3. The SMILES string of the molecule is Cc1cc(C(=O)NC2CCCCCC2)nc(NC(C)(C)C)n1. The number of nitrogens with zero attached hydrogens (tertiary/aromatic N) is 2. The highest BCUT2D eigenvalue weighted by Gasteiger charge is 2.18. The zero-order valence-corrected chi connectivity index (χ0v) is 14.2. The number of carbonyl (C=O) groups excluding carboxylic acids is 1. The summed E-state index contributed by atoms with van der Waals surface area (Å²) < 4.78 is 0. The summed E-state index contributed by atoms with van der Waals surface area (Å²) in [6.07, 6.45) is 7.10. The van der Waals surface area contributed by atoms with E-state index in [0.29, 0.717) is 11.6 Å². The maximum absolute atomic E-state index is 12.5. The third-order valence-electron chi connectivity index (χ3n) is 3.76. The average Bonchev–Trinajstić information content (AvgIpc) is 2.64. The van der Waals surface area contributed by atoms with Gasteiger partial charge in [-0.1, -0.05) is 25.7 Å². The second kappa shape index (κ2) is 7.07. The molecule has 1 amide bonds. The molecule has 2 N–H and O–H groups in total. The predicted octanol–water partition coefficient (Wildman–Crippen LogP) is 3.45. The van der Waals surface area contributed by atoms with Crippen molar-refractivity contribution in [1.29, 1.82) is 0 Å². The minimum atomic E-state index is -0.136. The molecule has 0 atom stereocenters. The Balaban J connectivity index is 2.08. The van der Waals surface area contributed by atoms with Crippen LogP contribution < -0.4 is 10.6 Å². The van der Waals surface area contributed by atoms with Crippen LogP contribution in [0.2, 0.25) is 0 Å². The largest absolute Gasteiger partial charge is 0.350 e. The number of carbonyl (C=O) groups is 1. The normalized spacial score (nSPS) is 16.9. The Hall–Kier alpha value is -1.65. The molecule has 1 aromatic rings. The summed E-state index contributed by atoms with van der Waals surface area (Å²) in [4.78, 5) is 21.2. The lowest BCUT2D eigenvalue weighted by Crippen LogP contribution is -2.35. The molecule has 22 heavy (non-hydrogen) atoms. The zero-order valence-electron chi connectivity index (χ0n) is 14.2. The van der Waals surface area contributed by atoms with E-state index >= 15 is 0 Å². The summed E-state index contributed by atoms with van der Waals surface area (Å²) in [5, 5.41) is 6.36. The number of aryl methyl sites for hydroxylation is 1. The van der Waals surface area contributed by atoms with Crippen LogP contribution in [0, 0.1) is 6.92 Å². The van der Waals surface area contributed by atoms with Crippen molar-refractivity contribution < 1.29 is 4.79 Å². The molecule has 1 saturated carbocycles. The van der Waals surface area contributed by atoms with E-state index in [1.54, 1.807) is 6.07 Å². The van der Waals surface area contributed by atoms with Gasteiger partial charge in [0.25, 0.3) is 5.91 Å². The molecule has 1 fully saturated rings. The summed E-state index contributed by atoms with van der Waals surface area (Å²) in [5.74, 6) is 0.424. The Morgan fingerprint density at radius 3 is 2.36 bits per heavy atom. The molecule has 0 unspecified atom stereocenters. The van der Waals surface area contributed by atoms with E-state index < -0.39 is 0 Å². The molecule has 122 valence electrons. The van der Waals surface area contributed by atoms with Crippen LogP contribution in [-0.2, 0) is 0 Å².